The van der Waals surface area contributed by atoms with Crippen molar-refractivity contribution in [2.75, 3.05) is 11.9 Å². The molecular formula is C45H60F2N4O7S. The Kier molecular flexibility index (Phi) is 12.5. The molecule has 4 aliphatic rings. The number of esters is 1. The second-order valence-electron chi connectivity index (χ2n) is 18.3. The van der Waals surface area contributed by atoms with Crippen molar-refractivity contribution < 1.29 is 41.1 Å². The lowest BCUT2D eigenvalue weighted by Gasteiger charge is -2.36. The monoisotopic (exact) mass is 838 g/mol. The number of anilines is 1. The van der Waals surface area contributed by atoms with Gasteiger partial charge in [-0.05, 0) is 111 Å². The molecule has 14 heteroatoms. The number of fused-ring (bicyclic) bond motifs is 1. The number of carbonyl (C=O) groups excluding carboxylic acids is 4. The number of carbonyl (C=O) groups is 4. The maximum absolute atomic E-state index is 14.8. The molecule has 2 aromatic carbocycles. The summed E-state index contributed by atoms with van der Waals surface area (Å²) >= 11 is 0. The predicted molar refractivity (Wildman–Crippen MR) is 222 cm³/mol. The van der Waals surface area contributed by atoms with Crippen LogP contribution in [0.5, 0.6) is 0 Å². The van der Waals surface area contributed by atoms with Gasteiger partial charge in [0.25, 0.3) is 11.8 Å². The van der Waals surface area contributed by atoms with Crippen LogP contribution in [0.1, 0.15) is 115 Å². The van der Waals surface area contributed by atoms with Crippen LogP contribution in [-0.2, 0) is 59.1 Å². The average molecular weight is 839 g/mol. The number of hydrogen-bond donors (Lipinski definition) is 3. The second kappa shape index (κ2) is 16.6. The van der Waals surface area contributed by atoms with Crippen LogP contribution in [0.25, 0.3) is 0 Å². The minimum atomic E-state index is -4.00. The summed E-state index contributed by atoms with van der Waals surface area (Å²) in [4.78, 5) is 58.2. The summed E-state index contributed by atoms with van der Waals surface area (Å²) in [7, 11) is -4.00. The Bertz CT molecular complexity index is 2080. The number of likely N-dealkylation sites (tertiary alicyclic amines) is 1. The Morgan fingerprint density at radius 1 is 1.05 bits per heavy atom. The zero-order valence-corrected chi connectivity index (χ0v) is 36.0. The number of sulfonamides is 1. The number of benzene rings is 2. The topological polar surface area (TPSA) is 151 Å². The van der Waals surface area contributed by atoms with Crippen LogP contribution in [0, 0.1) is 17.3 Å². The highest BCUT2D eigenvalue weighted by Crippen LogP contribution is 2.48. The van der Waals surface area contributed by atoms with Gasteiger partial charge in [-0.2, -0.15) is 8.78 Å². The van der Waals surface area contributed by atoms with Gasteiger partial charge in [-0.15, -0.1) is 0 Å². The molecule has 2 aromatic rings. The Balaban J connectivity index is 1.25. The molecule has 6 atom stereocenters. The molecule has 59 heavy (non-hydrogen) atoms. The number of nitrogens with one attached hydrogen (secondary N) is 3. The molecule has 0 bridgehead atoms. The van der Waals surface area contributed by atoms with Gasteiger partial charge in [0.1, 0.15) is 23.7 Å². The SMILES string of the molecule is C=CC(F)(F)c1cccc(NC(C(=O)N2CC(OC(=O)C3CCCc4c(CC)cccc4CC3)CC2C(=O)NC2(C(=O)NS(=O)(=O)C3(C)CC3)CC2CC)C(C)(C)C)c1. The fraction of sp³-hybridized carbons (Fsp3) is 0.600. The summed E-state index contributed by atoms with van der Waals surface area (Å²) < 4.78 is 62.8. The van der Waals surface area contributed by atoms with Crippen molar-refractivity contribution in [3.05, 3.63) is 77.4 Å². The van der Waals surface area contributed by atoms with Crippen LogP contribution in [0.4, 0.5) is 14.5 Å². The van der Waals surface area contributed by atoms with E-state index in [9.17, 15) is 36.4 Å². The van der Waals surface area contributed by atoms with Gasteiger partial charge in [-0.25, -0.2) is 8.42 Å². The highest BCUT2D eigenvalue weighted by atomic mass is 32.2. The van der Waals surface area contributed by atoms with Crippen molar-refractivity contribution in [2.45, 2.75) is 147 Å². The van der Waals surface area contributed by atoms with Gasteiger partial charge in [-0.3, -0.25) is 23.9 Å². The largest absolute Gasteiger partial charge is 0.460 e. The average Bonchev–Trinajstić information content (AvgIpc) is 4.07. The van der Waals surface area contributed by atoms with Gasteiger partial charge in [0.15, 0.2) is 0 Å². The number of allylic oxidation sites excluding steroid dienone is 1. The van der Waals surface area contributed by atoms with E-state index in [2.05, 4.69) is 47.1 Å². The zero-order chi connectivity index (χ0) is 43.1. The molecular weight excluding hydrogens is 779 g/mol. The number of ether oxygens (including phenoxy) is 1. The van der Waals surface area contributed by atoms with Gasteiger partial charge >= 0.3 is 5.97 Å². The third-order valence-electron chi connectivity index (χ3n) is 13.1. The molecule has 3 fully saturated rings. The summed E-state index contributed by atoms with van der Waals surface area (Å²) in [6.45, 7) is 14.1. The Morgan fingerprint density at radius 2 is 1.76 bits per heavy atom. The van der Waals surface area contributed by atoms with E-state index in [1.165, 1.54) is 39.8 Å². The molecule has 3 aliphatic carbocycles. The fourth-order valence-electron chi connectivity index (χ4n) is 8.75. The first kappa shape index (κ1) is 44.2. The third-order valence-corrected chi connectivity index (χ3v) is 15.2. The normalized spacial score (nSPS) is 25.7. The number of nitrogens with zero attached hydrogens (tertiary/aromatic N) is 1. The second-order valence-corrected chi connectivity index (χ2v) is 20.5. The van der Waals surface area contributed by atoms with Gasteiger partial charge in [0, 0.05) is 17.7 Å². The summed E-state index contributed by atoms with van der Waals surface area (Å²) in [6, 6.07) is 9.63. The first-order valence-corrected chi connectivity index (χ1v) is 22.5. The first-order chi connectivity index (χ1) is 27.7. The number of amides is 3. The first-order valence-electron chi connectivity index (χ1n) is 21.1. The molecule has 322 valence electrons. The summed E-state index contributed by atoms with van der Waals surface area (Å²) in [6.07, 6.45) is 5.73. The van der Waals surface area contributed by atoms with Crippen molar-refractivity contribution in [1.29, 1.82) is 0 Å². The van der Waals surface area contributed by atoms with Crippen molar-refractivity contribution in [3.63, 3.8) is 0 Å². The van der Waals surface area contributed by atoms with Crippen molar-refractivity contribution >= 4 is 39.4 Å². The van der Waals surface area contributed by atoms with Crippen LogP contribution in [-0.4, -0.2) is 72.0 Å². The number of rotatable bonds is 14. The molecule has 0 radical (unpaired) electrons. The minimum Gasteiger partial charge on any atom is -0.460 e. The number of halogens is 2. The lowest BCUT2D eigenvalue weighted by Crippen LogP contribution is -2.59. The summed E-state index contributed by atoms with van der Waals surface area (Å²) in [5.41, 5.74) is 1.54. The van der Waals surface area contributed by atoms with Crippen molar-refractivity contribution in [3.8, 4) is 0 Å². The lowest BCUT2D eigenvalue weighted by atomic mass is 9.85. The highest BCUT2D eigenvalue weighted by Gasteiger charge is 2.63. The van der Waals surface area contributed by atoms with Gasteiger partial charge < -0.3 is 20.3 Å². The maximum atomic E-state index is 14.8. The zero-order valence-electron chi connectivity index (χ0n) is 35.2. The van der Waals surface area contributed by atoms with Gasteiger partial charge in [-0.1, -0.05) is 78.0 Å². The molecule has 0 spiro atoms. The molecule has 1 heterocycles. The lowest BCUT2D eigenvalue weighted by molar-refractivity contribution is -0.154. The Hall–Kier alpha value is -4.33. The molecule has 1 aliphatic heterocycles. The minimum absolute atomic E-state index is 0.0541. The molecule has 3 amide bonds. The Morgan fingerprint density at radius 3 is 2.39 bits per heavy atom. The van der Waals surface area contributed by atoms with Gasteiger partial charge in [0.2, 0.25) is 21.8 Å². The van der Waals surface area contributed by atoms with E-state index in [4.69, 9.17) is 4.74 Å². The van der Waals surface area contributed by atoms with E-state index in [0.717, 1.165) is 25.7 Å². The molecule has 2 saturated carbocycles. The van der Waals surface area contributed by atoms with E-state index < -0.39 is 73.5 Å². The van der Waals surface area contributed by atoms with E-state index in [0.29, 0.717) is 38.2 Å². The quantitative estimate of drug-likeness (QED) is 0.140. The van der Waals surface area contributed by atoms with Crippen molar-refractivity contribution in [1.82, 2.24) is 14.9 Å². The maximum Gasteiger partial charge on any atom is 0.309 e. The highest BCUT2D eigenvalue weighted by molar-refractivity contribution is 7.91. The van der Waals surface area contributed by atoms with Crippen LogP contribution in [0.15, 0.2) is 55.1 Å². The van der Waals surface area contributed by atoms with Crippen LogP contribution >= 0.6 is 0 Å². The van der Waals surface area contributed by atoms with E-state index in [1.807, 2.05) is 6.92 Å². The van der Waals surface area contributed by atoms with E-state index >= 15 is 0 Å². The predicted octanol–water partition coefficient (Wildman–Crippen LogP) is 6.73. The summed E-state index contributed by atoms with van der Waals surface area (Å²) in [5, 5.41) is 6.00. The standard InChI is InChI=1S/C45H60F2N4O7S/c1-8-28-14-11-15-29-20-21-30(16-12-19-35(28)29)40(54)58-34-25-36(38(52)49-44(26-31(44)9-2)41(55)50-59(56,57)43(7)22-23-43)51(27-34)39(53)37(42(4,5)6)48-33-18-13-17-32(24-33)45(46,47)10-3/h10-11,13-15,17-18,24,30-31,34,36-37,48H,3,8-9,12,16,19-23,25-27H2,1-2,4-7H3,(H,49,52)(H,50,55). The molecule has 1 saturated heterocycles. The number of alkyl halides is 2. The number of hydrogen-bond acceptors (Lipinski definition) is 8. The smallest absolute Gasteiger partial charge is 0.309 e. The Labute approximate surface area is 347 Å². The molecule has 0 aromatic heterocycles. The summed E-state index contributed by atoms with van der Waals surface area (Å²) in [5.74, 6) is -6.45. The third kappa shape index (κ3) is 9.22. The fourth-order valence-corrected chi connectivity index (χ4v) is 10.1. The van der Waals surface area contributed by atoms with Crippen LogP contribution in [0.3, 0.4) is 0 Å². The molecule has 3 N–H and O–H groups in total. The molecule has 6 rings (SSSR count). The van der Waals surface area contributed by atoms with Crippen molar-refractivity contribution in [2.24, 2.45) is 17.3 Å². The van der Waals surface area contributed by atoms with E-state index in [1.54, 1.807) is 33.8 Å². The van der Waals surface area contributed by atoms with Crippen LogP contribution in [0.2, 0.25) is 0 Å². The molecule has 11 nitrogen and oxygen atoms in total. The van der Waals surface area contributed by atoms with E-state index in [-0.39, 0.29) is 42.5 Å². The van der Waals surface area contributed by atoms with Gasteiger partial charge in [0.05, 0.1) is 17.2 Å². The van der Waals surface area contributed by atoms with Crippen LogP contribution < -0.4 is 15.4 Å². The molecule has 6 unspecified atom stereocenters. The number of aryl methyl sites for hydroxylation is 2.